The number of sulfonamides is 1. The molecule has 11 heteroatoms. The first-order chi connectivity index (χ1) is 16.6. The Hall–Kier alpha value is -3.57. The van der Waals surface area contributed by atoms with E-state index in [1.165, 1.54) is 54.7 Å². The SMILES string of the molecule is COC(=O)C1CCCN(S(=O)(=O)c2ccc(NC(=O)C(C)N3C(=O)c4ccccc4C3=O)cc2)C1. The summed E-state index contributed by atoms with van der Waals surface area (Å²) < 4.78 is 32.1. The van der Waals surface area contributed by atoms with Gasteiger partial charge in [-0.05, 0) is 56.2 Å². The summed E-state index contributed by atoms with van der Waals surface area (Å²) in [5, 5.41) is 2.62. The van der Waals surface area contributed by atoms with E-state index in [-0.39, 0.29) is 22.6 Å². The van der Waals surface area contributed by atoms with Gasteiger partial charge >= 0.3 is 5.97 Å². The number of benzene rings is 2. The number of fused-ring (bicyclic) bond motifs is 1. The molecule has 35 heavy (non-hydrogen) atoms. The van der Waals surface area contributed by atoms with Crippen LogP contribution in [0.5, 0.6) is 0 Å². The maximum atomic E-state index is 13.0. The number of carbonyl (C=O) groups is 4. The van der Waals surface area contributed by atoms with Gasteiger partial charge in [0.15, 0.2) is 0 Å². The fourth-order valence-corrected chi connectivity index (χ4v) is 5.83. The molecule has 2 atom stereocenters. The van der Waals surface area contributed by atoms with Gasteiger partial charge in [0.05, 0.1) is 29.1 Å². The van der Waals surface area contributed by atoms with Gasteiger partial charge in [-0.1, -0.05) is 12.1 Å². The third-order valence-corrected chi connectivity index (χ3v) is 8.15. The molecule has 0 radical (unpaired) electrons. The van der Waals surface area contributed by atoms with E-state index in [0.29, 0.717) is 25.1 Å². The molecule has 0 aliphatic carbocycles. The van der Waals surface area contributed by atoms with Crippen LogP contribution in [0, 0.1) is 5.92 Å². The van der Waals surface area contributed by atoms with Crippen LogP contribution in [0.2, 0.25) is 0 Å². The van der Waals surface area contributed by atoms with Crippen LogP contribution in [0.25, 0.3) is 0 Å². The first-order valence-electron chi connectivity index (χ1n) is 11.1. The fourth-order valence-electron chi connectivity index (χ4n) is 4.30. The predicted molar refractivity (Wildman–Crippen MR) is 125 cm³/mol. The van der Waals surface area contributed by atoms with Crippen molar-refractivity contribution >= 4 is 39.4 Å². The molecule has 2 aliphatic rings. The van der Waals surface area contributed by atoms with Crippen LogP contribution < -0.4 is 5.32 Å². The summed E-state index contributed by atoms with van der Waals surface area (Å²) in [5.74, 6) is -2.61. The largest absolute Gasteiger partial charge is 0.469 e. The third-order valence-electron chi connectivity index (χ3n) is 6.27. The minimum absolute atomic E-state index is 0.0226. The minimum Gasteiger partial charge on any atom is -0.469 e. The van der Waals surface area contributed by atoms with E-state index < -0.39 is 45.7 Å². The topological polar surface area (TPSA) is 130 Å². The highest BCUT2D eigenvalue weighted by Gasteiger charge is 2.40. The van der Waals surface area contributed by atoms with Gasteiger partial charge in [-0.3, -0.25) is 24.1 Å². The van der Waals surface area contributed by atoms with Crippen molar-refractivity contribution in [1.29, 1.82) is 0 Å². The van der Waals surface area contributed by atoms with Crippen LogP contribution in [0.4, 0.5) is 5.69 Å². The van der Waals surface area contributed by atoms with Crippen molar-refractivity contribution in [2.24, 2.45) is 5.92 Å². The van der Waals surface area contributed by atoms with Crippen LogP contribution in [0.1, 0.15) is 40.5 Å². The highest BCUT2D eigenvalue weighted by molar-refractivity contribution is 7.89. The summed E-state index contributed by atoms with van der Waals surface area (Å²) in [5.41, 5.74) is 0.807. The summed E-state index contributed by atoms with van der Waals surface area (Å²) in [4.78, 5) is 50.8. The van der Waals surface area contributed by atoms with E-state index in [1.807, 2.05) is 0 Å². The minimum atomic E-state index is -3.84. The number of rotatable bonds is 6. The molecule has 0 bridgehead atoms. The van der Waals surface area contributed by atoms with Crippen LogP contribution in [0.15, 0.2) is 53.4 Å². The number of methoxy groups -OCH3 is 1. The Morgan fingerprint density at radius 1 is 1.03 bits per heavy atom. The van der Waals surface area contributed by atoms with E-state index in [9.17, 15) is 27.6 Å². The molecule has 2 aromatic carbocycles. The zero-order valence-corrected chi connectivity index (χ0v) is 20.1. The van der Waals surface area contributed by atoms with Gasteiger partial charge in [0.25, 0.3) is 11.8 Å². The molecule has 184 valence electrons. The lowest BCUT2D eigenvalue weighted by atomic mass is 10.0. The predicted octanol–water partition coefficient (Wildman–Crippen LogP) is 1.88. The lowest BCUT2D eigenvalue weighted by Crippen LogP contribution is -2.45. The molecule has 2 heterocycles. The Balaban J connectivity index is 1.44. The summed E-state index contributed by atoms with van der Waals surface area (Å²) in [6, 6.07) is 10.9. The Morgan fingerprint density at radius 3 is 2.20 bits per heavy atom. The van der Waals surface area contributed by atoms with Gasteiger partial charge < -0.3 is 10.1 Å². The molecule has 1 fully saturated rings. The number of piperidine rings is 1. The molecule has 2 aromatic rings. The second-order valence-corrected chi connectivity index (χ2v) is 10.4. The van der Waals surface area contributed by atoms with Crippen molar-refractivity contribution in [3.63, 3.8) is 0 Å². The molecule has 2 unspecified atom stereocenters. The van der Waals surface area contributed by atoms with E-state index in [1.54, 1.807) is 12.1 Å². The number of ether oxygens (including phenoxy) is 1. The van der Waals surface area contributed by atoms with Gasteiger partial charge in [-0.2, -0.15) is 4.31 Å². The molecule has 10 nitrogen and oxygen atoms in total. The average molecular weight is 500 g/mol. The van der Waals surface area contributed by atoms with E-state index in [2.05, 4.69) is 5.32 Å². The normalized spacial score (nSPS) is 19.3. The number of esters is 1. The molecule has 1 N–H and O–H groups in total. The number of hydrogen-bond acceptors (Lipinski definition) is 7. The first-order valence-corrected chi connectivity index (χ1v) is 12.5. The van der Waals surface area contributed by atoms with Gasteiger partial charge in [-0.25, -0.2) is 8.42 Å². The summed E-state index contributed by atoms with van der Waals surface area (Å²) in [6.45, 7) is 1.79. The number of hydrogen-bond donors (Lipinski definition) is 1. The second kappa shape index (κ2) is 9.59. The smallest absolute Gasteiger partial charge is 0.309 e. The van der Waals surface area contributed by atoms with Crippen LogP contribution in [0.3, 0.4) is 0 Å². The number of carbonyl (C=O) groups excluding carboxylic acids is 4. The zero-order valence-electron chi connectivity index (χ0n) is 19.3. The van der Waals surface area contributed by atoms with Crippen molar-refractivity contribution in [3.8, 4) is 0 Å². The summed E-state index contributed by atoms with van der Waals surface area (Å²) >= 11 is 0. The van der Waals surface area contributed by atoms with Crippen molar-refractivity contribution < 1.29 is 32.3 Å². The number of anilines is 1. The first kappa shape index (κ1) is 24.6. The zero-order chi connectivity index (χ0) is 25.3. The van der Waals surface area contributed by atoms with Gasteiger partial charge in [0.1, 0.15) is 6.04 Å². The summed E-state index contributed by atoms with van der Waals surface area (Å²) in [6.07, 6.45) is 1.11. The van der Waals surface area contributed by atoms with Gasteiger partial charge in [-0.15, -0.1) is 0 Å². The quantitative estimate of drug-likeness (QED) is 0.474. The Morgan fingerprint density at radius 2 is 1.63 bits per heavy atom. The van der Waals surface area contributed by atoms with Crippen LogP contribution in [-0.2, 0) is 24.3 Å². The second-order valence-electron chi connectivity index (χ2n) is 8.44. The molecule has 0 spiro atoms. The average Bonchev–Trinajstić information content (AvgIpc) is 3.13. The fraction of sp³-hybridized carbons (Fsp3) is 0.333. The number of nitrogens with zero attached hydrogens (tertiary/aromatic N) is 2. The van der Waals surface area contributed by atoms with E-state index in [4.69, 9.17) is 4.74 Å². The molecule has 1 saturated heterocycles. The molecular formula is C24H25N3O7S. The van der Waals surface area contributed by atoms with Crippen molar-refractivity contribution in [1.82, 2.24) is 9.21 Å². The van der Waals surface area contributed by atoms with E-state index >= 15 is 0 Å². The maximum absolute atomic E-state index is 13.0. The Labute approximate surface area is 202 Å². The number of nitrogens with one attached hydrogen (secondary N) is 1. The summed E-state index contributed by atoms with van der Waals surface area (Å²) in [7, 11) is -2.57. The van der Waals surface area contributed by atoms with Crippen molar-refractivity contribution in [2.75, 3.05) is 25.5 Å². The lowest BCUT2D eigenvalue weighted by Gasteiger charge is -2.30. The number of imide groups is 1. The molecular weight excluding hydrogens is 474 g/mol. The monoisotopic (exact) mass is 499 g/mol. The maximum Gasteiger partial charge on any atom is 0.309 e. The standard InChI is InChI=1S/C24H25N3O7S/c1-15(27-22(29)19-7-3-4-8-20(19)23(27)30)21(28)25-17-9-11-18(12-10-17)35(32,33)26-13-5-6-16(14-26)24(31)34-2/h3-4,7-12,15-16H,5-6,13-14H2,1-2H3,(H,25,28). The lowest BCUT2D eigenvalue weighted by molar-refractivity contribution is -0.146. The molecule has 0 saturated carbocycles. The van der Waals surface area contributed by atoms with E-state index in [0.717, 1.165) is 4.90 Å². The van der Waals surface area contributed by atoms with Crippen molar-refractivity contribution in [3.05, 3.63) is 59.7 Å². The molecule has 2 aliphatic heterocycles. The van der Waals surface area contributed by atoms with Crippen molar-refractivity contribution in [2.45, 2.75) is 30.7 Å². The third kappa shape index (κ3) is 4.56. The molecule has 0 aromatic heterocycles. The van der Waals surface area contributed by atoms with Gasteiger partial charge in [0, 0.05) is 18.8 Å². The molecule has 3 amide bonds. The van der Waals surface area contributed by atoms with Gasteiger partial charge in [0.2, 0.25) is 15.9 Å². The number of amides is 3. The highest BCUT2D eigenvalue weighted by Crippen LogP contribution is 2.27. The molecule has 4 rings (SSSR count). The Kier molecular flexibility index (Phi) is 6.73. The Bertz CT molecular complexity index is 1260. The van der Waals surface area contributed by atoms with Crippen LogP contribution in [-0.4, -0.2) is 67.6 Å². The van der Waals surface area contributed by atoms with Crippen LogP contribution >= 0.6 is 0 Å². The highest BCUT2D eigenvalue weighted by atomic mass is 32.2.